The van der Waals surface area contributed by atoms with Gasteiger partial charge in [0.2, 0.25) is 0 Å². The number of amides is 1. The first kappa shape index (κ1) is 22.0. The summed E-state index contributed by atoms with van der Waals surface area (Å²) in [5, 5.41) is 0. The summed E-state index contributed by atoms with van der Waals surface area (Å²) in [6, 6.07) is 19.8. The van der Waals surface area contributed by atoms with Crippen molar-refractivity contribution in [2.24, 2.45) is 0 Å². The Morgan fingerprint density at radius 3 is 2.58 bits per heavy atom. The van der Waals surface area contributed by atoms with Crippen molar-refractivity contribution < 1.29 is 17.9 Å². The number of halogens is 1. The third kappa shape index (κ3) is 4.02. The van der Waals surface area contributed by atoms with Crippen molar-refractivity contribution >= 4 is 43.2 Å². The maximum atomic E-state index is 13.1. The molecule has 0 radical (unpaired) electrons. The van der Waals surface area contributed by atoms with Crippen molar-refractivity contribution in [2.75, 3.05) is 22.4 Å². The van der Waals surface area contributed by atoms with Crippen molar-refractivity contribution in [3.8, 4) is 5.75 Å². The van der Waals surface area contributed by atoms with Gasteiger partial charge in [0.05, 0.1) is 10.6 Å². The lowest BCUT2D eigenvalue weighted by atomic mass is 10.1. The van der Waals surface area contributed by atoms with Crippen LogP contribution in [0.25, 0.3) is 0 Å². The fourth-order valence-electron chi connectivity index (χ4n) is 4.59. The largest absolute Gasteiger partial charge is 0.484 e. The van der Waals surface area contributed by atoms with Crippen LogP contribution in [0.3, 0.4) is 0 Å². The zero-order chi connectivity index (χ0) is 23.2. The molecule has 0 aliphatic carbocycles. The number of nitrogens with zero attached hydrogens (tertiary/aromatic N) is 2. The van der Waals surface area contributed by atoms with Crippen LogP contribution < -0.4 is 13.9 Å². The Kier molecular flexibility index (Phi) is 5.66. The van der Waals surface area contributed by atoms with Crippen molar-refractivity contribution in [1.82, 2.24) is 0 Å². The highest BCUT2D eigenvalue weighted by atomic mass is 79.9. The predicted molar refractivity (Wildman–Crippen MR) is 131 cm³/mol. The van der Waals surface area contributed by atoms with Crippen molar-refractivity contribution in [3.05, 3.63) is 82.3 Å². The smallest absolute Gasteiger partial charge is 0.265 e. The second kappa shape index (κ2) is 8.50. The van der Waals surface area contributed by atoms with Crippen LogP contribution in [-0.4, -0.2) is 33.5 Å². The first-order valence-corrected chi connectivity index (χ1v) is 13.0. The topological polar surface area (TPSA) is 66.9 Å². The number of rotatable bonds is 5. The Morgan fingerprint density at radius 2 is 1.79 bits per heavy atom. The Bertz CT molecular complexity index is 1320. The Balaban J connectivity index is 1.27. The van der Waals surface area contributed by atoms with Crippen LogP contribution in [-0.2, 0) is 27.7 Å². The molecule has 33 heavy (non-hydrogen) atoms. The molecule has 0 N–H and O–H groups in total. The van der Waals surface area contributed by atoms with E-state index >= 15 is 0 Å². The number of hydrogen-bond donors (Lipinski definition) is 0. The summed E-state index contributed by atoms with van der Waals surface area (Å²) in [5.74, 6) is 0.320. The van der Waals surface area contributed by atoms with E-state index in [0.717, 1.165) is 33.4 Å². The minimum atomic E-state index is -3.66. The van der Waals surface area contributed by atoms with Gasteiger partial charge < -0.3 is 9.64 Å². The van der Waals surface area contributed by atoms with Crippen LogP contribution in [0.4, 0.5) is 11.4 Å². The normalized spacial score (nSPS) is 17.1. The molecule has 1 atom stereocenters. The van der Waals surface area contributed by atoms with Crippen molar-refractivity contribution in [2.45, 2.75) is 30.7 Å². The second-order valence-corrected chi connectivity index (χ2v) is 11.1. The van der Waals surface area contributed by atoms with Crippen LogP contribution in [0.5, 0.6) is 5.75 Å². The minimum Gasteiger partial charge on any atom is -0.484 e. The molecule has 3 aromatic rings. The molecule has 0 spiro atoms. The summed E-state index contributed by atoms with van der Waals surface area (Å²) < 4.78 is 34.4. The van der Waals surface area contributed by atoms with E-state index in [0.29, 0.717) is 18.7 Å². The highest BCUT2D eigenvalue weighted by molar-refractivity contribution is 9.10. The lowest BCUT2D eigenvalue weighted by Crippen LogP contribution is -2.39. The Morgan fingerprint density at radius 1 is 1.03 bits per heavy atom. The fraction of sp³-hybridized carbons (Fsp3) is 0.240. The van der Waals surface area contributed by atoms with Crippen molar-refractivity contribution in [1.29, 1.82) is 0 Å². The first-order valence-electron chi connectivity index (χ1n) is 10.8. The molecule has 0 aromatic heterocycles. The zero-order valence-corrected chi connectivity index (χ0v) is 20.5. The summed E-state index contributed by atoms with van der Waals surface area (Å²) >= 11 is 3.48. The third-order valence-electron chi connectivity index (χ3n) is 6.14. The van der Waals surface area contributed by atoms with Gasteiger partial charge in [-0.3, -0.25) is 9.10 Å². The van der Waals surface area contributed by atoms with Gasteiger partial charge in [-0.25, -0.2) is 8.42 Å². The Hall–Kier alpha value is -2.84. The summed E-state index contributed by atoms with van der Waals surface area (Å²) in [6.45, 7) is 2.33. The lowest BCUT2D eigenvalue weighted by molar-refractivity contribution is -0.120. The standard InChI is InChI=1S/C25H23BrN2O4S/c1-17-14-19-15-20(26)6-11-24(19)28(17)25(29)16-32-21-7-9-22(10-8-21)33(30,31)27-13-12-18-4-2-3-5-23(18)27/h2-11,15,17H,12-14,16H2,1H3. The molecule has 0 bridgehead atoms. The van der Waals surface area contributed by atoms with Gasteiger partial charge in [0.25, 0.3) is 15.9 Å². The minimum absolute atomic E-state index is 0.0567. The molecule has 0 saturated carbocycles. The average Bonchev–Trinajstić information content (AvgIpc) is 3.38. The van der Waals surface area contributed by atoms with Crippen molar-refractivity contribution in [3.63, 3.8) is 0 Å². The molecule has 3 aromatic carbocycles. The fourth-order valence-corrected chi connectivity index (χ4v) is 6.50. The van der Waals surface area contributed by atoms with E-state index in [9.17, 15) is 13.2 Å². The quantitative estimate of drug-likeness (QED) is 0.488. The molecule has 1 unspecified atom stereocenters. The highest BCUT2D eigenvalue weighted by Gasteiger charge is 2.32. The van der Waals surface area contributed by atoms with Gasteiger partial charge in [0.1, 0.15) is 5.75 Å². The van der Waals surface area contributed by atoms with Crippen LogP contribution in [0.15, 0.2) is 76.1 Å². The van der Waals surface area contributed by atoms with Gasteiger partial charge in [-0.1, -0.05) is 34.1 Å². The number of carbonyl (C=O) groups is 1. The van der Waals surface area contributed by atoms with E-state index in [4.69, 9.17) is 4.74 Å². The van der Waals surface area contributed by atoms with E-state index in [1.807, 2.05) is 49.4 Å². The molecule has 2 aliphatic rings. The molecule has 170 valence electrons. The molecular formula is C25H23BrN2O4S. The van der Waals surface area contributed by atoms with Gasteiger partial charge >= 0.3 is 0 Å². The van der Waals surface area contributed by atoms with E-state index in [2.05, 4.69) is 15.9 Å². The summed E-state index contributed by atoms with van der Waals surface area (Å²) in [4.78, 5) is 14.8. The van der Waals surface area contributed by atoms with Crippen LogP contribution in [0.2, 0.25) is 0 Å². The summed E-state index contributed by atoms with van der Waals surface area (Å²) in [5.41, 5.74) is 3.80. The maximum absolute atomic E-state index is 13.1. The number of para-hydroxylation sites is 1. The molecule has 6 nitrogen and oxygen atoms in total. The number of benzene rings is 3. The third-order valence-corrected chi connectivity index (χ3v) is 8.47. The molecular weight excluding hydrogens is 504 g/mol. The van der Waals surface area contributed by atoms with Gasteiger partial charge in [0, 0.05) is 22.7 Å². The van der Waals surface area contributed by atoms with Gasteiger partial charge in [-0.2, -0.15) is 0 Å². The van der Waals surface area contributed by atoms with Gasteiger partial charge in [0.15, 0.2) is 6.61 Å². The average molecular weight is 527 g/mol. The van der Waals surface area contributed by atoms with Gasteiger partial charge in [-0.05, 0) is 79.4 Å². The lowest BCUT2D eigenvalue weighted by Gasteiger charge is -2.23. The number of anilines is 2. The van der Waals surface area contributed by atoms with Gasteiger partial charge in [-0.15, -0.1) is 0 Å². The number of fused-ring (bicyclic) bond motifs is 2. The number of ether oxygens (including phenoxy) is 1. The highest BCUT2D eigenvalue weighted by Crippen LogP contribution is 2.35. The van der Waals surface area contributed by atoms with E-state index in [1.165, 1.54) is 16.4 Å². The number of sulfonamides is 1. The molecule has 1 amide bonds. The monoisotopic (exact) mass is 526 g/mol. The molecule has 2 heterocycles. The van der Waals surface area contributed by atoms with E-state index < -0.39 is 10.0 Å². The van der Waals surface area contributed by atoms with E-state index in [-0.39, 0.29) is 23.5 Å². The first-order chi connectivity index (χ1) is 15.8. The SMILES string of the molecule is CC1Cc2cc(Br)ccc2N1C(=O)COc1ccc(S(=O)(=O)N2CCc3ccccc32)cc1. The molecule has 5 rings (SSSR count). The molecule has 0 fully saturated rings. The van der Waals surface area contributed by atoms with E-state index in [1.54, 1.807) is 17.0 Å². The number of carbonyl (C=O) groups excluding carboxylic acids is 1. The number of hydrogen-bond acceptors (Lipinski definition) is 4. The maximum Gasteiger partial charge on any atom is 0.265 e. The summed E-state index contributed by atoms with van der Waals surface area (Å²) in [7, 11) is -3.66. The zero-order valence-electron chi connectivity index (χ0n) is 18.1. The Labute approximate surface area is 202 Å². The molecule has 0 saturated heterocycles. The molecule has 8 heteroatoms. The predicted octanol–water partition coefficient (Wildman–Crippen LogP) is 4.56. The van der Waals surface area contributed by atoms with Crippen LogP contribution in [0.1, 0.15) is 18.1 Å². The molecule has 2 aliphatic heterocycles. The summed E-state index contributed by atoms with van der Waals surface area (Å²) in [6.07, 6.45) is 1.50. The van der Waals surface area contributed by atoms with Crippen LogP contribution >= 0.6 is 15.9 Å². The second-order valence-electron chi connectivity index (χ2n) is 8.31. The van der Waals surface area contributed by atoms with Crippen LogP contribution in [0, 0.1) is 0 Å².